The minimum absolute atomic E-state index is 0.0854. The zero-order chi connectivity index (χ0) is 18.5. The van der Waals surface area contributed by atoms with Crippen molar-refractivity contribution in [3.05, 3.63) is 54.4 Å². The number of benzene rings is 1. The smallest absolute Gasteiger partial charge is 0.405 e. The number of nitrogens with one attached hydrogen (secondary N) is 1. The van der Waals surface area contributed by atoms with Gasteiger partial charge in [-0.05, 0) is 50.5 Å². The predicted octanol–water partition coefficient (Wildman–Crippen LogP) is 2.69. The lowest BCUT2D eigenvalue weighted by Gasteiger charge is -2.24. The zero-order valence-electron chi connectivity index (χ0n) is 14.1. The monoisotopic (exact) mass is 363 g/mol. The average molecular weight is 363 g/mol. The third kappa shape index (κ3) is 5.46. The minimum atomic E-state index is -3.73. The van der Waals surface area contributed by atoms with Gasteiger partial charge < -0.3 is 10.5 Å². The van der Waals surface area contributed by atoms with E-state index < -0.39 is 21.7 Å². The predicted molar refractivity (Wildman–Crippen MR) is 94.6 cm³/mol. The molecule has 0 aliphatic carbocycles. The zero-order valence-corrected chi connectivity index (χ0v) is 14.9. The Hall–Kier alpha value is -2.61. The number of amides is 1. The van der Waals surface area contributed by atoms with E-state index in [4.69, 9.17) is 10.5 Å². The molecule has 0 aliphatic rings. The third-order valence-electron chi connectivity index (χ3n) is 3.58. The van der Waals surface area contributed by atoms with E-state index in [0.717, 1.165) is 5.56 Å². The maximum absolute atomic E-state index is 12.5. The van der Waals surface area contributed by atoms with Gasteiger partial charge in [0.15, 0.2) is 0 Å². The average Bonchev–Trinajstić information content (AvgIpc) is 2.53. The maximum atomic E-state index is 12.5. The van der Waals surface area contributed by atoms with Crippen LogP contribution in [0.25, 0.3) is 0 Å². The number of anilines is 1. The number of nitrogens with two attached hydrogens (primary N) is 1. The number of primary amides is 1. The topological polar surface area (TPSA) is 111 Å². The normalized spacial score (nSPS) is 11.8. The number of nitrogens with zero attached hydrogens (tertiary/aromatic N) is 1. The summed E-state index contributed by atoms with van der Waals surface area (Å²) in [5.41, 5.74) is 5.58. The molecular weight excluding hydrogens is 342 g/mol. The summed E-state index contributed by atoms with van der Waals surface area (Å²) in [6, 6.07) is 10.1. The molecule has 0 atom stereocenters. The molecule has 0 saturated heterocycles. The second-order valence-corrected chi connectivity index (χ2v) is 7.81. The Morgan fingerprint density at radius 2 is 1.96 bits per heavy atom. The van der Waals surface area contributed by atoms with Crippen molar-refractivity contribution in [2.45, 2.75) is 37.2 Å². The molecular formula is C17H21N3O4S. The molecule has 8 heteroatoms. The van der Waals surface area contributed by atoms with Crippen molar-refractivity contribution in [3.63, 3.8) is 0 Å². The van der Waals surface area contributed by atoms with E-state index >= 15 is 0 Å². The van der Waals surface area contributed by atoms with Gasteiger partial charge in [-0.15, -0.1) is 0 Å². The highest BCUT2D eigenvalue weighted by Crippen LogP contribution is 2.24. The SMILES string of the molecule is CC(C)(CCc1ccccc1NS(=O)(=O)c1cccnc1)OC(N)=O. The summed E-state index contributed by atoms with van der Waals surface area (Å²) in [6.45, 7) is 3.50. The summed E-state index contributed by atoms with van der Waals surface area (Å²) in [5.74, 6) is 0. The van der Waals surface area contributed by atoms with Crippen LogP contribution in [0.1, 0.15) is 25.8 Å². The fraction of sp³-hybridized carbons (Fsp3) is 0.294. The van der Waals surface area contributed by atoms with Crippen LogP contribution in [0.4, 0.5) is 10.5 Å². The number of aromatic nitrogens is 1. The van der Waals surface area contributed by atoms with Gasteiger partial charge in [-0.25, -0.2) is 13.2 Å². The molecule has 0 unspecified atom stereocenters. The number of pyridine rings is 1. The molecule has 1 amide bonds. The summed E-state index contributed by atoms with van der Waals surface area (Å²) in [7, 11) is -3.73. The quantitative estimate of drug-likeness (QED) is 0.785. The second kappa shape index (κ2) is 7.52. The van der Waals surface area contributed by atoms with Crippen LogP contribution in [-0.2, 0) is 21.2 Å². The third-order valence-corrected chi connectivity index (χ3v) is 4.93. The standard InChI is InChI=1S/C17H21N3O4S/c1-17(2,24-16(18)21)10-9-13-6-3-4-8-15(13)20-25(22,23)14-7-5-11-19-12-14/h3-8,11-12,20H,9-10H2,1-2H3,(H2,18,21). The first kappa shape index (κ1) is 18.7. The first-order valence-corrected chi connectivity index (χ1v) is 9.17. The molecule has 0 aliphatic heterocycles. The molecule has 1 aromatic heterocycles. The molecule has 0 radical (unpaired) electrons. The molecule has 134 valence electrons. The first-order chi connectivity index (χ1) is 11.7. The van der Waals surface area contributed by atoms with Crippen molar-refractivity contribution < 1.29 is 17.9 Å². The highest BCUT2D eigenvalue weighted by Gasteiger charge is 2.22. The van der Waals surface area contributed by atoms with Gasteiger partial charge in [-0.3, -0.25) is 9.71 Å². The molecule has 1 aromatic carbocycles. The van der Waals surface area contributed by atoms with Crippen LogP contribution in [0.5, 0.6) is 0 Å². The summed E-state index contributed by atoms with van der Waals surface area (Å²) in [6.07, 6.45) is 2.95. The van der Waals surface area contributed by atoms with Crippen molar-refractivity contribution >= 4 is 21.8 Å². The Kier molecular flexibility index (Phi) is 5.63. The molecule has 0 bridgehead atoms. The minimum Gasteiger partial charge on any atom is -0.444 e. The van der Waals surface area contributed by atoms with Crippen LogP contribution in [0.3, 0.4) is 0 Å². The lowest BCUT2D eigenvalue weighted by Crippen LogP contribution is -2.31. The molecule has 0 saturated carbocycles. The maximum Gasteiger partial charge on any atom is 0.405 e. The number of rotatable bonds is 7. The van der Waals surface area contributed by atoms with Crippen molar-refractivity contribution in [3.8, 4) is 0 Å². The van der Waals surface area contributed by atoms with E-state index in [9.17, 15) is 13.2 Å². The number of para-hydroxylation sites is 1. The van der Waals surface area contributed by atoms with Crippen LogP contribution >= 0.6 is 0 Å². The molecule has 25 heavy (non-hydrogen) atoms. The van der Waals surface area contributed by atoms with Crippen LogP contribution < -0.4 is 10.5 Å². The number of hydrogen-bond acceptors (Lipinski definition) is 5. The Bertz CT molecular complexity index is 836. The summed E-state index contributed by atoms with van der Waals surface area (Å²) < 4.78 is 32.6. The Morgan fingerprint density at radius 3 is 2.60 bits per heavy atom. The molecule has 0 spiro atoms. The summed E-state index contributed by atoms with van der Waals surface area (Å²) in [5, 5.41) is 0. The fourth-order valence-corrected chi connectivity index (χ4v) is 3.37. The van der Waals surface area contributed by atoms with Crippen LogP contribution in [0.15, 0.2) is 53.7 Å². The Morgan fingerprint density at radius 1 is 1.24 bits per heavy atom. The van der Waals surface area contributed by atoms with E-state index in [2.05, 4.69) is 9.71 Å². The van der Waals surface area contributed by atoms with E-state index in [1.807, 2.05) is 12.1 Å². The van der Waals surface area contributed by atoms with Crippen LogP contribution in [0, 0.1) is 0 Å². The Labute approximate surface area is 147 Å². The number of carbonyl (C=O) groups is 1. The van der Waals surface area contributed by atoms with Gasteiger partial charge >= 0.3 is 6.09 Å². The van der Waals surface area contributed by atoms with Gasteiger partial charge in [0.1, 0.15) is 10.5 Å². The fourth-order valence-electron chi connectivity index (χ4n) is 2.31. The highest BCUT2D eigenvalue weighted by atomic mass is 32.2. The lowest BCUT2D eigenvalue weighted by atomic mass is 9.98. The van der Waals surface area contributed by atoms with E-state index in [1.54, 1.807) is 32.0 Å². The number of hydrogen-bond donors (Lipinski definition) is 2. The number of carbonyl (C=O) groups excluding carboxylic acids is 1. The number of aryl methyl sites for hydroxylation is 1. The molecule has 2 rings (SSSR count). The summed E-state index contributed by atoms with van der Waals surface area (Å²) in [4.78, 5) is 14.9. The van der Waals surface area contributed by atoms with Gasteiger partial charge in [0, 0.05) is 12.4 Å². The molecule has 3 N–H and O–H groups in total. The molecule has 2 aromatic rings. The van der Waals surface area contributed by atoms with Crippen molar-refractivity contribution in [2.75, 3.05) is 4.72 Å². The molecule has 1 heterocycles. The van der Waals surface area contributed by atoms with E-state index in [1.165, 1.54) is 18.5 Å². The largest absolute Gasteiger partial charge is 0.444 e. The van der Waals surface area contributed by atoms with E-state index in [0.29, 0.717) is 18.5 Å². The Balaban J connectivity index is 2.17. The van der Waals surface area contributed by atoms with Crippen LogP contribution in [0.2, 0.25) is 0 Å². The molecule has 7 nitrogen and oxygen atoms in total. The first-order valence-electron chi connectivity index (χ1n) is 7.69. The number of ether oxygens (including phenoxy) is 1. The van der Waals surface area contributed by atoms with Crippen molar-refractivity contribution in [1.29, 1.82) is 0 Å². The van der Waals surface area contributed by atoms with Crippen molar-refractivity contribution in [2.24, 2.45) is 5.73 Å². The highest BCUT2D eigenvalue weighted by molar-refractivity contribution is 7.92. The van der Waals surface area contributed by atoms with Gasteiger partial charge in [0.05, 0.1) is 5.69 Å². The summed E-state index contributed by atoms with van der Waals surface area (Å²) >= 11 is 0. The second-order valence-electron chi connectivity index (χ2n) is 6.13. The van der Waals surface area contributed by atoms with E-state index in [-0.39, 0.29) is 4.90 Å². The van der Waals surface area contributed by atoms with Gasteiger partial charge in [-0.2, -0.15) is 0 Å². The van der Waals surface area contributed by atoms with Gasteiger partial charge in [-0.1, -0.05) is 18.2 Å². The van der Waals surface area contributed by atoms with Crippen molar-refractivity contribution in [1.82, 2.24) is 4.98 Å². The lowest BCUT2D eigenvalue weighted by molar-refractivity contribution is 0.0394. The number of sulfonamides is 1. The van der Waals surface area contributed by atoms with Gasteiger partial charge in [0.2, 0.25) is 0 Å². The van der Waals surface area contributed by atoms with Gasteiger partial charge in [0.25, 0.3) is 10.0 Å². The van der Waals surface area contributed by atoms with Crippen LogP contribution in [-0.4, -0.2) is 25.1 Å². The molecule has 0 fully saturated rings.